The summed E-state index contributed by atoms with van der Waals surface area (Å²) < 4.78 is 10.6. The summed E-state index contributed by atoms with van der Waals surface area (Å²) in [5, 5.41) is 8.93. The number of aliphatic carboxylic acids is 1. The van der Waals surface area contributed by atoms with E-state index in [1.54, 1.807) is 0 Å². The van der Waals surface area contributed by atoms with Crippen molar-refractivity contribution in [2.45, 2.75) is 12.5 Å². The Kier molecular flexibility index (Phi) is 4.74. The second-order valence-corrected chi connectivity index (χ2v) is 4.33. The Balaban J connectivity index is 2.01. The highest BCUT2D eigenvalue weighted by molar-refractivity contribution is 5.72. The average Bonchev–Trinajstić information content (AvgIpc) is 2.47. The number of hydrogen-bond acceptors (Lipinski definition) is 3. The van der Waals surface area contributed by atoms with Crippen LogP contribution < -0.4 is 4.74 Å². The van der Waals surface area contributed by atoms with Crippen LogP contribution >= 0.6 is 0 Å². The molecule has 1 N–H and O–H groups in total. The molecule has 1 unspecified atom stereocenters. The van der Waals surface area contributed by atoms with Crippen LogP contribution in [0.1, 0.15) is 5.56 Å². The standard InChI is InChI=1S/C16H16O4/c1-19-15(16(17)18)11-12-7-9-14(10-8-12)20-13-5-3-2-4-6-13/h2-10,15H,11H2,1H3,(H,17,18). The van der Waals surface area contributed by atoms with Crippen LogP contribution in [-0.4, -0.2) is 24.3 Å². The lowest BCUT2D eigenvalue weighted by Gasteiger charge is -2.11. The van der Waals surface area contributed by atoms with Crippen molar-refractivity contribution in [3.63, 3.8) is 0 Å². The molecule has 0 saturated heterocycles. The lowest BCUT2D eigenvalue weighted by atomic mass is 10.1. The minimum atomic E-state index is -0.961. The van der Waals surface area contributed by atoms with Crippen LogP contribution in [0.2, 0.25) is 0 Å². The molecule has 0 heterocycles. The summed E-state index contributed by atoms with van der Waals surface area (Å²) in [7, 11) is 1.39. The zero-order valence-electron chi connectivity index (χ0n) is 11.2. The first-order chi connectivity index (χ1) is 9.69. The molecule has 0 aromatic heterocycles. The molecule has 0 spiro atoms. The number of para-hydroxylation sites is 1. The molecule has 104 valence electrons. The molecule has 2 aromatic carbocycles. The Bertz CT molecular complexity index is 548. The Labute approximate surface area is 117 Å². The maximum atomic E-state index is 10.9. The van der Waals surface area contributed by atoms with Gasteiger partial charge in [-0.2, -0.15) is 0 Å². The Morgan fingerprint density at radius 1 is 1.05 bits per heavy atom. The summed E-state index contributed by atoms with van der Waals surface area (Å²) in [5.74, 6) is 0.516. The van der Waals surface area contributed by atoms with Gasteiger partial charge in [-0.3, -0.25) is 0 Å². The van der Waals surface area contributed by atoms with Gasteiger partial charge < -0.3 is 14.6 Å². The molecule has 0 aliphatic heterocycles. The lowest BCUT2D eigenvalue weighted by molar-refractivity contribution is -0.148. The average molecular weight is 272 g/mol. The third kappa shape index (κ3) is 3.83. The molecule has 0 fully saturated rings. The van der Waals surface area contributed by atoms with E-state index in [4.69, 9.17) is 14.6 Å². The second-order valence-electron chi connectivity index (χ2n) is 4.33. The number of carboxylic acid groups (broad SMARTS) is 1. The SMILES string of the molecule is COC(Cc1ccc(Oc2ccccc2)cc1)C(=O)O. The van der Waals surface area contributed by atoms with Gasteiger partial charge in [0.1, 0.15) is 11.5 Å². The molecule has 0 bridgehead atoms. The van der Waals surface area contributed by atoms with E-state index in [2.05, 4.69) is 0 Å². The monoisotopic (exact) mass is 272 g/mol. The van der Waals surface area contributed by atoms with Crippen LogP contribution in [0.25, 0.3) is 0 Å². The lowest BCUT2D eigenvalue weighted by Crippen LogP contribution is -2.24. The Morgan fingerprint density at radius 3 is 2.20 bits per heavy atom. The third-order valence-electron chi connectivity index (χ3n) is 2.88. The van der Waals surface area contributed by atoms with Crippen molar-refractivity contribution in [1.29, 1.82) is 0 Å². The maximum absolute atomic E-state index is 10.9. The first kappa shape index (κ1) is 14.1. The summed E-state index contributed by atoms with van der Waals surface area (Å²) in [6.45, 7) is 0. The minimum Gasteiger partial charge on any atom is -0.479 e. The van der Waals surface area contributed by atoms with Crippen LogP contribution in [0.5, 0.6) is 11.5 Å². The third-order valence-corrected chi connectivity index (χ3v) is 2.88. The summed E-state index contributed by atoms with van der Waals surface area (Å²) in [6, 6.07) is 16.8. The molecule has 0 saturated carbocycles. The van der Waals surface area contributed by atoms with E-state index >= 15 is 0 Å². The summed E-state index contributed by atoms with van der Waals surface area (Å²) in [6.07, 6.45) is -0.492. The van der Waals surface area contributed by atoms with Crippen LogP contribution in [0.4, 0.5) is 0 Å². The highest BCUT2D eigenvalue weighted by Crippen LogP contribution is 2.21. The number of hydrogen-bond donors (Lipinski definition) is 1. The van der Waals surface area contributed by atoms with Crippen LogP contribution in [0.15, 0.2) is 54.6 Å². The quantitative estimate of drug-likeness (QED) is 0.877. The van der Waals surface area contributed by atoms with Gasteiger partial charge in [0.05, 0.1) is 0 Å². The normalized spacial score (nSPS) is 11.8. The smallest absolute Gasteiger partial charge is 0.333 e. The fraction of sp³-hybridized carbons (Fsp3) is 0.188. The van der Waals surface area contributed by atoms with E-state index in [0.29, 0.717) is 12.2 Å². The van der Waals surface area contributed by atoms with Crippen molar-refractivity contribution in [2.75, 3.05) is 7.11 Å². The van der Waals surface area contributed by atoms with Gasteiger partial charge >= 0.3 is 5.97 Å². The minimum absolute atomic E-state index is 0.331. The number of benzene rings is 2. The van der Waals surface area contributed by atoms with Gasteiger partial charge in [0.15, 0.2) is 6.10 Å². The molecular formula is C16H16O4. The van der Waals surface area contributed by atoms with Gasteiger partial charge in [0.25, 0.3) is 0 Å². The highest BCUT2D eigenvalue weighted by atomic mass is 16.5. The molecule has 0 aliphatic carbocycles. The van der Waals surface area contributed by atoms with Crippen molar-refractivity contribution in [3.05, 3.63) is 60.2 Å². The van der Waals surface area contributed by atoms with Crippen LogP contribution in [-0.2, 0) is 16.0 Å². The molecule has 2 rings (SSSR count). The molecule has 2 aromatic rings. The zero-order chi connectivity index (χ0) is 14.4. The topological polar surface area (TPSA) is 55.8 Å². The molecule has 4 heteroatoms. The largest absolute Gasteiger partial charge is 0.479 e. The number of carboxylic acids is 1. The number of methoxy groups -OCH3 is 1. The van der Waals surface area contributed by atoms with Gasteiger partial charge in [-0.05, 0) is 29.8 Å². The van der Waals surface area contributed by atoms with E-state index in [1.807, 2.05) is 54.6 Å². The van der Waals surface area contributed by atoms with Gasteiger partial charge in [-0.15, -0.1) is 0 Å². The van der Waals surface area contributed by atoms with E-state index in [9.17, 15) is 4.79 Å². The first-order valence-corrected chi connectivity index (χ1v) is 6.26. The molecule has 0 amide bonds. The number of rotatable bonds is 6. The van der Waals surface area contributed by atoms with Gasteiger partial charge in [0.2, 0.25) is 0 Å². The van der Waals surface area contributed by atoms with E-state index in [1.165, 1.54) is 7.11 Å². The molecule has 1 atom stereocenters. The van der Waals surface area contributed by atoms with Gasteiger partial charge in [-0.1, -0.05) is 30.3 Å². The van der Waals surface area contributed by atoms with Crippen molar-refractivity contribution >= 4 is 5.97 Å². The molecule has 20 heavy (non-hydrogen) atoms. The second kappa shape index (κ2) is 6.73. The van der Waals surface area contributed by atoms with Crippen LogP contribution in [0.3, 0.4) is 0 Å². The highest BCUT2D eigenvalue weighted by Gasteiger charge is 2.16. The van der Waals surface area contributed by atoms with Gasteiger partial charge in [-0.25, -0.2) is 4.79 Å². The molecular weight excluding hydrogens is 256 g/mol. The molecule has 0 aliphatic rings. The fourth-order valence-corrected chi connectivity index (χ4v) is 1.80. The predicted molar refractivity (Wildman–Crippen MR) is 75.1 cm³/mol. The van der Waals surface area contributed by atoms with Gasteiger partial charge in [0, 0.05) is 13.5 Å². The zero-order valence-corrected chi connectivity index (χ0v) is 11.2. The van der Waals surface area contributed by atoms with E-state index in [-0.39, 0.29) is 0 Å². The van der Waals surface area contributed by atoms with E-state index < -0.39 is 12.1 Å². The van der Waals surface area contributed by atoms with Crippen molar-refractivity contribution in [2.24, 2.45) is 0 Å². The predicted octanol–water partition coefficient (Wildman–Crippen LogP) is 3.12. The number of ether oxygens (including phenoxy) is 2. The van der Waals surface area contributed by atoms with Crippen LogP contribution in [0, 0.1) is 0 Å². The number of carbonyl (C=O) groups is 1. The molecule has 4 nitrogen and oxygen atoms in total. The summed E-state index contributed by atoms with van der Waals surface area (Å²) in [5.41, 5.74) is 0.889. The molecule has 0 radical (unpaired) electrons. The Hall–Kier alpha value is -2.33. The van der Waals surface area contributed by atoms with Crippen molar-refractivity contribution in [3.8, 4) is 11.5 Å². The summed E-state index contributed by atoms with van der Waals surface area (Å²) >= 11 is 0. The maximum Gasteiger partial charge on any atom is 0.333 e. The first-order valence-electron chi connectivity index (χ1n) is 6.26. The Morgan fingerprint density at radius 2 is 1.65 bits per heavy atom. The van der Waals surface area contributed by atoms with E-state index in [0.717, 1.165) is 11.3 Å². The van der Waals surface area contributed by atoms with Crippen molar-refractivity contribution in [1.82, 2.24) is 0 Å². The summed E-state index contributed by atoms with van der Waals surface area (Å²) in [4.78, 5) is 10.9. The van der Waals surface area contributed by atoms with Crippen molar-refractivity contribution < 1.29 is 19.4 Å². The fourth-order valence-electron chi connectivity index (χ4n) is 1.80.